The maximum Gasteiger partial charge on any atom is 0.0240 e. The highest BCUT2D eigenvalue weighted by Crippen LogP contribution is 2.15. The second kappa shape index (κ2) is 7.22. The molecule has 20 heavy (non-hydrogen) atoms. The molecule has 0 unspecified atom stereocenters. The van der Waals surface area contributed by atoms with Crippen molar-refractivity contribution in [2.45, 2.75) is 33.5 Å². The fourth-order valence-electron chi connectivity index (χ4n) is 2.46. The molecule has 2 rings (SSSR count). The minimum atomic E-state index is 0.609. The smallest absolute Gasteiger partial charge is 0.0240 e. The highest BCUT2D eigenvalue weighted by atomic mass is 15.1. The summed E-state index contributed by atoms with van der Waals surface area (Å²) in [6, 6.07) is 17.1. The number of benzene rings is 2. The second-order valence-electron chi connectivity index (χ2n) is 5.20. The Labute approximate surface area is 122 Å². The summed E-state index contributed by atoms with van der Waals surface area (Å²) in [5.74, 6) is 0. The Hall–Kier alpha value is -1.64. The molecule has 0 radical (unpaired) electrons. The van der Waals surface area contributed by atoms with Crippen LogP contribution in [0.25, 0.3) is 0 Å². The first-order valence-electron chi connectivity index (χ1n) is 7.28. The number of aryl methyl sites for hydroxylation is 1. The molecule has 0 aliphatic carbocycles. The van der Waals surface area contributed by atoms with Gasteiger partial charge in [-0.3, -0.25) is 4.90 Å². The molecule has 2 aromatic carbocycles. The highest BCUT2D eigenvalue weighted by molar-refractivity contribution is 5.28. The molecule has 2 N–H and O–H groups in total. The Morgan fingerprint density at radius 1 is 0.850 bits per heavy atom. The molecule has 2 nitrogen and oxygen atoms in total. The summed E-state index contributed by atoms with van der Waals surface area (Å²) in [5.41, 5.74) is 11.2. The van der Waals surface area contributed by atoms with Crippen molar-refractivity contribution in [3.8, 4) is 0 Å². The van der Waals surface area contributed by atoms with Crippen LogP contribution in [0, 0.1) is 6.92 Å². The first-order valence-corrected chi connectivity index (χ1v) is 7.28. The molecule has 2 heteroatoms. The van der Waals surface area contributed by atoms with E-state index in [1.807, 2.05) is 0 Å². The summed E-state index contributed by atoms with van der Waals surface area (Å²) in [6.45, 7) is 7.98. The molecule has 2 aromatic rings. The van der Waals surface area contributed by atoms with Crippen LogP contribution in [0.15, 0.2) is 48.5 Å². The predicted molar refractivity (Wildman–Crippen MR) is 85.3 cm³/mol. The van der Waals surface area contributed by atoms with Crippen molar-refractivity contribution in [1.29, 1.82) is 0 Å². The summed E-state index contributed by atoms with van der Waals surface area (Å²) in [5, 5.41) is 0. The van der Waals surface area contributed by atoms with Gasteiger partial charge in [-0.05, 0) is 35.7 Å². The van der Waals surface area contributed by atoms with Crippen molar-refractivity contribution < 1.29 is 0 Å². The molecule has 106 valence electrons. The predicted octanol–water partition coefficient (Wildman–Crippen LogP) is 3.48. The fraction of sp³-hybridized carbons (Fsp3) is 0.333. The minimum absolute atomic E-state index is 0.609. The Bertz CT molecular complexity index is 549. The van der Waals surface area contributed by atoms with Crippen LogP contribution < -0.4 is 5.73 Å². The van der Waals surface area contributed by atoms with Crippen LogP contribution in [0.3, 0.4) is 0 Å². The van der Waals surface area contributed by atoms with Gasteiger partial charge >= 0.3 is 0 Å². The number of hydrogen-bond donors (Lipinski definition) is 1. The van der Waals surface area contributed by atoms with Gasteiger partial charge in [0.1, 0.15) is 0 Å². The Balaban J connectivity index is 2.11. The first kappa shape index (κ1) is 14.8. The van der Waals surface area contributed by atoms with Gasteiger partial charge in [0.15, 0.2) is 0 Å². The van der Waals surface area contributed by atoms with Gasteiger partial charge in [-0.2, -0.15) is 0 Å². The summed E-state index contributed by atoms with van der Waals surface area (Å²) in [4.78, 5) is 2.46. The monoisotopic (exact) mass is 268 g/mol. The second-order valence-corrected chi connectivity index (χ2v) is 5.20. The van der Waals surface area contributed by atoms with Crippen molar-refractivity contribution in [3.05, 3.63) is 70.8 Å². The lowest BCUT2D eigenvalue weighted by Crippen LogP contribution is -2.23. The van der Waals surface area contributed by atoms with Crippen molar-refractivity contribution in [2.75, 3.05) is 6.54 Å². The van der Waals surface area contributed by atoms with Crippen molar-refractivity contribution in [2.24, 2.45) is 5.73 Å². The highest BCUT2D eigenvalue weighted by Gasteiger charge is 2.08. The molecule has 0 saturated heterocycles. The largest absolute Gasteiger partial charge is 0.326 e. The SMILES string of the molecule is CCN(Cc1ccccc1C)Cc1ccccc1CN. The maximum absolute atomic E-state index is 5.83. The number of rotatable bonds is 6. The third kappa shape index (κ3) is 3.69. The number of nitrogens with two attached hydrogens (primary N) is 1. The van der Waals surface area contributed by atoms with E-state index in [1.54, 1.807) is 0 Å². The lowest BCUT2D eigenvalue weighted by Gasteiger charge is -2.23. The van der Waals surface area contributed by atoms with E-state index < -0.39 is 0 Å². The van der Waals surface area contributed by atoms with E-state index in [-0.39, 0.29) is 0 Å². The summed E-state index contributed by atoms with van der Waals surface area (Å²) < 4.78 is 0. The molecular weight excluding hydrogens is 244 g/mol. The molecule has 0 saturated carbocycles. The zero-order valence-corrected chi connectivity index (χ0v) is 12.5. The molecule has 0 fully saturated rings. The van der Waals surface area contributed by atoms with Gasteiger partial charge in [0, 0.05) is 19.6 Å². The van der Waals surface area contributed by atoms with Crippen LogP contribution >= 0.6 is 0 Å². The first-order chi connectivity index (χ1) is 9.74. The van der Waals surface area contributed by atoms with E-state index in [4.69, 9.17) is 5.73 Å². The lowest BCUT2D eigenvalue weighted by molar-refractivity contribution is 0.270. The molecule has 0 amide bonds. The van der Waals surface area contributed by atoms with Gasteiger partial charge in [0.25, 0.3) is 0 Å². The molecule has 0 atom stereocenters. The third-order valence-corrected chi connectivity index (χ3v) is 3.83. The molecule has 0 aromatic heterocycles. The Morgan fingerprint density at radius 3 is 2.00 bits per heavy atom. The normalized spacial score (nSPS) is 11.0. The van der Waals surface area contributed by atoms with Crippen LogP contribution in [0.2, 0.25) is 0 Å². The topological polar surface area (TPSA) is 29.3 Å². The number of nitrogens with zero attached hydrogens (tertiary/aromatic N) is 1. The Kier molecular flexibility index (Phi) is 5.33. The van der Waals surface area contributed by atoms with E-state index in [0.29, 0.717) is 6.54 Å². The van der Waals surface area contributed by atoms with Crippen LogP contribution in [0.4, 0.5) is 0 Å². The van der Waals surface area contributed by atoms with Crippen LogP contribution in [-0.4, -0.2) is 11.4 Å². The molecule has 0 aliphatic rings. The Morgan fingerprint density at radius 2 is 1.40 bits per heavy atom. The van der Waals surface area contributed by atoms with Gasteiger partial charge in [-0.1, -0.05) is 55.5 Å². The quantitative estimate of drug-likeness (QED) is 0.869. The van der Waals surface area contributed by atoms with E-state index in [9.17, 15) is 0 Å². The maximum atomic E-state index is 5.83. The van der Waals surface area contributed by atoms with Gasteiger partial charge in [-0.25, -0.2) is 0 Å². The molecular formula is C18H24N2. The van der Waals surface area contributed by atoms with E-state index in [0.717, 1.165) is 19.6 Å². The van der Waals surface area contributed by atoms with Gasteiger partial charge < -0.3 is 5.73 Å². The summed E-state index contributed by atoms with van der Waals surface area (Å²) in [6.07, 6.45) is 0. The fourth-order valence-corrected chi connectivity index (χ4v) is 2.46. The number of hydrogen-bond acceptors (Lipinski definition) is 2. The van der Waals surface area contributed by atoms with Crippen molar-refractivity contribution in [1.82, 2.24) is 4.90 Å². The minimum Gasteiger partial charge on any atom is -0.326 e. The van der Waals surface area contributed by atoms with Gasteiger partial charge in [0.05, 0.1) is 0 Å². The zero-order chi connectivity index (χ0) is 14.4. The molecule has 0 aliphatic heterocycles. The van der Waals surface area contributed by atoms with Crippen molar-refractivity contribution in [3.63, 3.8) is 0 Å². The van der Waals surface area contributed by atoms with Gasteiger partial charge in [-0.15, -0.1) is 0 Å². The van der Waals surface area contributed by atoms with Crippen LogP contribution in [-0.2, 0) is 19.6 Å². The summed E-state index contributed by atoms with van der Waals surface area (Å²) in [7, 11) is 0. The van der Waals surface area contributed by atoms with Crippen molar-refractivity contribution >= 4 is 0 Å². The van der Waals surface area contributed by atoms with Gasteiger partial charge in [0.2, 0.25) is 0 Å². The third-order valence-electron chi connectivity index (χ3n) is 3.83. The van der Waals surface area contributed by atoms with E-state index in [1.165, 1.54) is 22.3 Å². The van der Waals surface area contributed by atoms with Crippen LogP contribution in [0.5, 0.6) is 0 Å². The van der Waals surface area contributed by atoms with E-state index in [2.05, 4.69) is 67.3 Å². The van der Waals surface area contributed by atoms with E-state index >= 15 is 0 Å². The lowest BCUT2D eigenvalue weighted by atomic mass is 10.1. The molecule has 0 heterocycles. The average Bonchev–Trinajstić information content (AvgIpc) is 2.49. The zero-order valence-electron chi connectivity index (χ0n) is 12.5. The average molecular weight is 268 g/mol. The standard InChI is InChI=1S/C18H24N2/c1-3-20(13-17-10-5-4-8-15(17)2)14-18-11-7-6-9-16(18)12-19/h4-11H,3,12-14,19H2,1-2H3. The molecule has 0 spiro atoms. The molecule has 0 bridgehead atoms. The van der Waals surface area contributed by atoms with Crippen LogP contribution in [0.1, 0.15) is 29.2 Å². The summed E-state index contributed by atoms with van der Waals surface area (Å²) >= 11 is 0.